The number of fused-ring (bicyclic) bond motifs is 1. The van der Waals surface area contributed by atoms with Crippen LogP contribution in [0, 0.1) is 11.3 Å². The van der Waals surface area contributed by atoms with Crippen LogP contribution >= 0.6 is 11.6 Å². The number of ether oxygens (including phenoxy) is 1. The van der Waals surface area contributed by atoms with Crippen molar-refractivity contribution in [3.63, 3.8) is 0 Å². The van der Waals surface area contributed by atoms with Crippen molar-refractivity contribution in [3.8, 4) is 11.8 Å². The summed E-state index contributed by atoms with van der Waals surface area (Å²) in [4.78, 5) is 13.0. The molecular weight excluding hydrogens is 338 g/mol. The van der Waals surface area contributed by atoms with E-state index in [0.29, 0.717) is 16.3 Å². The third-order valence-corrected chi connectivity index (χ3v) is 4.67. The molecule has 25 heavy (non-hydrogen) atoms. The van der Waals surface area contributed by atoms with Gasteiger partial charge in [-0.2, -0.15) is 5.26 Å². The van der Waals surface area contributed by atoms with Crippen molar-refractivity contribution in [2.24, 2.45) is 12.8 Å². The summed E-state index contributed by atoms with van der Waals surface area (Å²) in [5.41, 5.74) is 8.09. The molecule has 2 N–H and O–H groups in total. The van der Waals surface area contributed by atoms with Gasteiger partial charge in [0.1, 0.15) is 17.4 Å². The average Bonchev–Trinajstić information content (AvgIpc) is 2.59. The molecule has 1 aromatic heterocycles. The van der Waals surface area contributed by atoms with E-state index in [2.05, 4.69) is 6.07 Å². The van der Waals surface area contributed by atoms with Crippen molar-refractivity contribution in [1.29, 1.82) is 5.26 Å². The Morgan fingerprint density at radius 1 is 1.36 bits per heavy atom. The number of pyridine rings is 1. The number of aromatic nitrogens is 1. The second-order valence-electron chi connectivity index (χ2n) is 6.00. The maximum absolute atomic E-state index is 13.0. The highest BCUT2D eigenvalue weighted by Gasteiger charge is 2.34. The smallest absolute Gasteiger partial charge is 0.258 e. The Labute approximate surface area is 150 Å². The Balaban J connectivity index is 2.28. The molecule has 1 aromatic carbocycles. The minimum absolute atomic E-state index is 0.0330. The highest BCUT2D eigenvalue weighted by atomic mass is 35.5. The summed E-state index contributed by atoms with van der Waals surface area (Å²) in [6.45, 7) is 2.04. The van der Waals surface area contributed by atoms with Crippen LogP contribution in [0.5, 0.6) is 5.75 Å². The predicted molar refractivity (Wildman–Crippen MR) is 96.4 cm³/mol. The summed E-state index contributed by atoms with van der Waals surface area (Å²) in [6.07, 6.45) is 1.66. The molecule has 2 heterocycles. The molecule has 5 nitrogen and oxygen atoms in total. The van der Waals surface area contributed by atoms with E-state index in [1.807, 2.05) is 13.0 Å². The molecule has 6 heteroatoms. The lowest BCUT2D eigenvalue weighted by Crippen LogP contribution is -2.32. The van der Waals surface area contributed by atoms with Crippen LogP contribution < -0.4 is 16.0 Å². The van der Waals surface area contributed by atoms with Gasteiger partial charge in [-0.15, -0.1) is 0 Å². The van der Waals surface area contributed by atoms with Crippen LogP contribution in [0.2, 0.25) is 5.02 Å². The van der Waals surface area contributed by atoms with E-state index in [1.165, 1.54) is 0 Å². The van der Waals surface area contributed by atoms with Crippen molar-refractivity contribution in [2.75, 3.05) is 0 Å². The van der Waals surface area contributed by atoms with Crippen LogP contribution in [-0.4, -0.2) is 4.57 Å². The zero-order valence-corrected chi connectivity index (χ0v) is 14.8. The zero-order chi connectivity index (χ0) is 18.1. The number of rotatable bonds is 3. The van der Waals surface area contributed by atoms with Crippen molar-refractivity contribution in [2.45, 2.75) is 25.7 Å². The molecule has 1 atom stereocenters. The van der Waals surface area contributed by atoms with Gasteiger partial charge in [0.2, 0.25) is 5.88 Å². The number of nitrogens with two attached hydrogens (primary N) is 1. The van der Waals surface area contributed by atoms with E-state index >= 15 is 0 Å². The number of benzene rings is 1. The van der Waals surface area contributed by atoms with E-state index in [1.54, 1.807) is 35.9 Å². The fourth-order valence-corrected chi connectivity index (χ4v) is 3.28. The van der Waals surface area contributed by atoms with Gasteiger partial charge in [0.25, 0.3) is 5.56 Å². The van der Waals surface area contributed by atoms with Crippen LogP contribution in [-0.2, 0) is 13.5 Å². The Morgan fingerprint density at radius 3 is 2.64 bits per heavy atom. The molecule has 0 saturated heterocycles. The molecule has 1 aliphatic rings. The Bertz CT molecular complexity index is 952. The van der Waals surface area contributed by atoms with Crippen molar-refractivity contribution in [1.82, 2.24) is 4.57 Å². The molecule has 0 fully saturated rings. The van der Waals surface area contributed by atoms with Crippen molar-refractivity contribution < 1.29 is 4.74 Å². The lowest BCUT2D eigenvalue weighted by atomic mass is 9.84. The molecule has 128 valence electrons. The fraction of sp³-hybridized carbons (Fsp3) is 0.263. The maximum atomic E-state index is 13.0. The highest BCUT2D eigenvalue weighted by Crippen LogP contribution is 2.40. The summed E-state index contributed by atoms with van der Waals surface area (Å²) in [5, 5.41) is 10.2. The molecule has 0 radical (unpaired) electrons. The second kappa shape index (κ2) is 6.66. The van der Waals surface area contributed by atoms with Crippen LogP contribution in [0.3, 0.4) is 0 Å². The van der Waals surface area contributed by atoms with Gasteiger partial charge in [0, 0.05) is 23.8 Å². The Morgan fingerprint density at radius 2 is 2.04 bits per heavy atom. The van der Waals surface area contributed by atoms with Gasteiger partial charge in [0.15, 0.2) is 0 Å². The SMILES string of the molecule is CCCc1cc2c(c(=O)n1C)C(c1ccc(Cl)cc1)C(C#N)=C(N)O2. The summed E-state index contributed by atoms with van der Waals surface area (Å²) in [5.74, 6) is -0.117. The van der Waals surface area contributed by atoms with Gasteiger partial charge >= 0.3 is 0 Å². The van der Waals surface area contributed by atoms with E-state index in [4.69, 9.17) is 22.1 Å². The minimum atomic E-state index is -0.569. The maximum Gasteiger partial charge on any atom is 0.258 e. The third kappa shape index (κ3) is 2.90. The zero-order valence-electron chi connectivity index (χ0n) is 14.0. The topological polar surface area (TPSA) is 81.0 Å². The number of aryl methyl sites for hydroxylation is 1. The lowest BCUT2D eigenvalue weighted by Gasteiger charge is -2.27. The van der Waals surface area contributed by atoms with Gasteiger partial charge < -0.3 is 15.0 Å². The average molecular weight is 356 g/mol. The van der Waals surface area contributed by atoms with Crippen molar-refractivity contribution in [3.05, 3.63) is 74.0 Å². The molecule has 0 amide bonds. The molecule has 1 aliphatic heterocycles. The van der Waals surface area contributed by atoms with E-state index < -0.39 is 5.92 Å². The Hall–Kier alpha value is -2.71. The van der Waals surface area contributed by atoms with E-state index in [0.717, 1.165) is 24.1 Å². The predicted octanol–water partition coefficient (Wildman–Crippen LogP) is 3.21. The first kappa shape index (κ1) is 17.1. The summed E-state index contributed by atoms with van der Waals surface area (Å²) in [7, 11) is 1.74. The normalized spacial score (nSPS) is 16.2. The number of allylic oxidation sites excluding steroid dienone is 1. The first-order chi connectivity index (χ1) is 12.0. The molecule has 0 spiro atoms. The number of nitrogens with zero attached hydrogens (tertiary/aromatic N) is 2. The Kier molecular flexibility index (Phi) is 4.56. The highest BCUT2D eigenvalue weighted by molar-refractivity contribution is 6.30. The first-order valence-corrected chi connectivity index (χ1v) is 8.41. The van der Waals surface area contributed by atoms with Crippen LogP contribution in [0.4, 0.5) is 0 Å². The summed E-state index contributed by atoms with van der Waals surface area (Å²) >= 11 is 5.97. The molecule has 0 bridgehead atoms. The van der Waals surface area contributed by atoms with Gasteiger partial charge in [-0.25, -0.2) is 0 Å². The van der Waals surface area contributed by atoms with Gasteiger partial charge in [-0.3, -0.25) is 4.79 Å². The standard InChI is InChI=1S/C19H18ClN3O2/c1-3-4-13-9-15-17(19(24)23(13)2)16(14(10-21)18(22)25-15)11-5-7-12(20)8-6-11/h5-9,16H,3-4,22H2,1-2H3. The molecule has 0 saturated carbocycles. The summed E-state index contributed by atoms with van der Waals surface area (Å²) in [6, 6.07) is 11.0. The van der Waals surface area contributed by atoms with Crippen LogP contribution in [0.15, 0.2) is 46.6 Å². The number of nitriles is 1. The molecule has 3 rings (SSSR count). The van der Waals surface area contributed by atoms with Crippen LogP contribution in [0.25, 0.3) is 0 Å². The molecule has 0 aliphatic carbocycles. The molecular formula is C19H18ClN3O2. The van der Waals surface area contributed by atoms with Crippen molar-refractivity contribution >= 4 is 11.6 Å². The first-order valence-electron chi connectivity index (χ1n) is 8.03. The second-order valence-corrected chi connectivity index (χ2v) is 6.44. The summed E-state index contributed by atoms with van der Waals surface area (Å²) < 4.78 is 7.25. The molecule has 1 unspecified atom stereocenters. The van der Waals surface area contributed by atoms with Gasteiger partial charge in [-0.1, -0.05) is 37.1 Å². The number of hydrogen-bond acceptors (Lipinski definition) is 4. The largest absolute Gasteiger partial charge is 0.440 e. The molecule has 2 aromatic rings. The quantitative estimate of drug-likeness (QED) is 0.916. The third-order valence-electron chi connectivity index (χ3n) is 4.42. The lowest BCUT2D eigenvalue weighted by molar-refractivity contribution is 0.389. The number of halogens is 1. The van der Waals surface area contributed by atoms with Gasteiger partial charge in [0.05, 0.1) is 11.5 Å². The van der Waals surface area contributed by atoms with Gasteiger partial charge in [-0.05, 0) is 24.1 Å². The van der Waals surface area contributed by atoms with Crippen LogP contribution in [0.1, 0.15) is 36.1 Å². The monoisotopic (exact) mass is 355 g/mol. The minimum Gasteiger partial charge on any atom is -0.440 e. The fourth-order valence-electron chi connectivity index (χ4n) is 3.16. The van der Waals surface area contributed by atoms with E-state index in [9.17, 15) is 10.1 Å². The number of hydrogen-bond donors (Lipinski definition) is 1. The van der Waals surface area contributed by atoms with E-state index in [-0.39, 0.29) is 17.0 Å².